The molecule has 0 saturated heterocycles. The third-order valence-corrected chi connectivity index (χ3v) is 2.92. The summed E-state index contributed by atoms with van der Waals surface area (Å²) in [6.07, 6.45) is -4.30. The fraction of sp³-hybridized carbons (Fsp3) is 0.417. The van der Waals surface area contributed by atoms with Crippen LogP contribution in [0.1, 0.15) is 24.2 Å². The maximum atomic E-state index is 12.5. The summed E-state index contributed by atoms with van der Waals surface area (Å²) in [6, 6.07) is 4.70. The van der Waals surface area contributed by atoms with Gasteiger partial charge >= 0.3 is 6.18 Å². The molecule has 0 bridgehead atoms. The van der Waals surface area contributed by atoms with Crippen LogP contribution in [0.3, 0.4) is 0 Å². The molecule has 0 amide bonds. The molecule has 1 aromatic carbocycles. The number of alkyl halides is 3. The smallest absolute Gasteiger partial charge is 0.362 e. The second-order valence-electron chi connectivity index (χ2n) is 3.85. The summed E-state index contributed by atoms with van der Waals surface area (Å²) in [5, 5.41) is 0. The van der Waals surface area contributed by atoms with E-state index < -0.39 is 12.7 Å². The van der Waals surface area contributed by atoms with E-state index >= 15 is 0 Å². The fourth-order valence-electron chi connectivity index (χ4n) is 1.65. The molecule has 1 aromatic rings. The average Bonchev–Trinajstić information content (AvgIpc) is 2.24. The first kappa shape index (κ1) is 15.0. The highest BCUT2D eigenvalue weighted by Gasteiger charge is 2.31. The Morgan fingerprint density at radius 2 is 2.00 bits per heavy atom. The van der Waals surface area contributed by atoms with Crippen molar-refractivity contribution in [2.75, 3.05) is 18.0 Å². The number of carbonyl (C=O) groups is 1. The van der Waals surface area contributed by atoms with Crippen molar-refractivity contribution in [2.45, 2.75) is 20.0 Å². The average molecular weight is 324 g/mol. The summed E-state index contributed by atoms with van der Waals surface area (Å²) in [4.78, 5) is 12.6. The van der Waals surface area contributed by atoms with Crippen molar-refractivity contribution in [1.29, 1.82) is 0 Å². The number of nitrogens with zero attached hydrogens (tertiary/aromatic N) is 1. The third kappa shape index (κ3) is 4.01. The number of carbonyl (C=O) groups excluding carboxylic acids is 1. The first-order valence-electron chi connectivity index (χ1n) is 5.36. The van der Waals surface area contributed by atoms with Gasteiger partial charge in [0.1, 0.15) is 6.54 Å². The van der Waals surface area contributed by atoms with Crippen molar-refractivity contribution in [3.05, 3.63) is 28.2 Å². The van der Waals surface area contributed by atoms with E-state index in [-0.39, 0.29) is 12.3 Å². The molecular formula is C12H13BrF3NO. The van der Waals surface area contributed by atoms with Gasteiger partial charge in [-0.3, -0.25) is 4.79 Å². The van der Waals surface area contributed by atoms with Crippen molar-refractivity contribution >= 4 is 27.4 Å². The number of rotatable bonds is 4. The zero-order chi connectivity index (χ0) is 13.9. The molecule has 0 radical (unpaired) electrons. The summed E-state index contributed by atoms with van der Waals surface area (Å²) in [5.74, 6) is -0.252. The number of hydrogen-bond donors (Lipinski definition) is 0. The zero-order valence-electron chi connectivity index (χ0n) is 10.0. The highest BCUT2D eigenvalue weighted by molar-refractivity contribution is 9.10. The molecule has 0 heterocycles. The van der Waals surface area contributed by atoms with Crippen LogP contribution in [0.25, 0.3) is 0 Å². The van der Waals surface area contributed by atoms with Crippen LogP contribution in [0.15, 0.2) is 22.7 Å². The van der Waals surface area contributed by atoms with Crippen LogP contribution in [0.5, 0.6) is 0 Å². The van der Waals surface area contributed by atoms with Gasteiger partial charge in [-0.2, -0.15) is 13.2 Å². The van der Waals surface area contributed by atoms with Gasteiger partial charge in [-0.25, -0.2) is 0 Å². The lowest BCUT2D eigenvalue weighted by molar-refractivity contribution is -0.119. The molecule has 0 N–H and O–H groups in total. The number of hydrogen-bond acceptors (Lipinski definition) is 2. The summed E-state index contributed by atoms with van der Waals surface area (Å²) >= 11 is 3.20. The third-order valence-electron chi connectivity index (χ3n) is 2.43. The molecular weight excluding hydrogens is 311 g/mol. The molecule has 0 aliphatic heterocycles. The number of halogens is 4. The van der Waals surface area contributed by atoms with E-state index in [1.54, 1.807) is 13.0 Å². The molecule has 0 fully saturated rings. The Labute approximate surface area is 112 Å². The van der Waals surface area contributed by atoms with Crippen LogP contribution in [0, 0.1) is 0 Å². The van der Waals surface area contributed by atoms with E-state index in [0.717, 1.165) is 4.90 Å². The van der Waals surface area contributed by atoms with Gasteiger partial charge in [-0.15, -0.1) is 0 Å². The molecule has 0 aromatic heterocycles. The van der Waals surface area contributed by atoms with Crippen LogP contribution >= 0.6 is 15.9 Å². The Morgan fingerprint density at radius 1 is 1.39 bits per heavy atom. The lowest BCUT2D eigenvalue weighted by Crippen LogP contribution is -2.35. The van der Waals surface area contributed by atoms with Crippen molar-refractivity contribution in [2.24, 2.45) is 0 Å². The highest BCUT2D eigenvalue weighted by Crippen LogP contribution is 2.28. The first-order valence-corrected chi connectivity index (χ1v) is 6.16. The van der Waals surface area contributed by atoms with Gasteiger partial charge < -0.3 is 4.90 Å². The molecule has 2 nitrogen and oxygen atoms in total. The van der Waals surface area contributed by atoms with Gasteiger partial charge in [-0.05, 0) is 32.0 Å². The van der Waals surface area contributed by atoms with Crippen LogP contribution < -0.4 is 4.90 Å². The quantitative estimate of drug-likeness (QED) is 0.779. The predicted octanol–water partition coefficient (Wildman–Crippen LogP) is 4.04. The number of Topliss-reactive ketones (excluding diaryl/α,β-unsaturated/α-hetero) is 1. The van der Waals surface area contributed by atoms with Crippen molar-refractivity contribution in [3.63, 3.8) is 0 Å². The second-order valence-corrected chi connectivity index (χ2v) is 4.76. The molecule has 0 aliphatic carbocycles. The maximum Gasteiger partial charge on any atom is 0.405 e. The van der Waals surface area contributed by atoms with Gasteiger partial charge in [0.2, 0.25) is 0 Å². The van der Waals surface area contributed by atoms with Gasteiger partial charge in [0.25, 0.3) is 0 Å². The predicted molar refractivity (Wildman–Crippen MR) is 68.1 cm³/mol. The lowest BCUT2D eigenvalue weighted by Gasteiger charge is -2.26. The molecule has 0 atom stereocenters. The topological polar surface area (TPSA) is 20.3 Å². The fourth-order valence-corrected chi connectivity index (χ4v) is 2.00. The Hall–Kier alpha value is -1.04. The van der Waals surface area contributed by atoms with Crippen LogP contribution in [-0.2, 0) is 0 Å². The van der Waals surface area contributed by atoms with E-state index in [2.05, 4.69) is 15.9 Å². The SMILES string of the molecule is CCN(CC(F)(F)F)c1cc(Br)ccc1C(C)=O. The molecule has 0 unspecified atom stereocenters. The van der Waals surface area contributed by atoms with Gasteiger partial charge in [0.05, 0.1) is 0 Å². The molecule has 6 heteroatoms. The lowest BCUT2D eigenvalue weighted by atomic mass is 10.1. The maximum absolute atomic E-state index is 12.5. The Kier molecular flexibility index (Phi) is 4.78. The molecule has 100 valence electrons. The van der Waals surface area contributed by atoms with E-state index in [0.29, 0.717) is 15.7 Å². The minimum Gasteiger partial charge on any atom is -0.362 e. The highest BCUT2D eigenvalue weighted by atomic mass is 79.9. The van der Waals surface area contributed by atoms with E-state index in [4.69, 9.17) is 0 Å². The van der Waals surface area contributed by atoms with Crippen molar-refractivity contribution in [3.8, 4) is 0 Å². The molecule has 18 heavy (non-hydrogen) atoms. The normalized spacial score (nSPS) is 11.4. The monoisotopic (exact) mass is 323 g/mol. The van der Waals surface area contributed by atoms with Crippen molar-refractivity contribution < 1.29 is 18.0 Å². The summed E-state index contributed by atoms with van der Waals surface area (Å²) in [6.45, 7) is 2.07. The van der Waals surface area contributed by atoms with Crippen LogP contribution in [-0.4, -0.2) is 25.0 Å². The summed E-state index contributed by atoms with van der Waals surface area (Å²) < 4.78 is 38.1. The molecule has 1 rings (SSSR count). The number of ketones is 1. The molecule has 0 aliphatic rings. The van der Waals surface area contributed by atoms with Gasteiger partial charge in [0, 0.05) is 22.3 Å². The largest absolute Gasteiger partial charge is 0.405 e. The summed E-state index contributed by atoms with van der Waals surface area (Å²) in [7, 11) is 0. The van der Waals surface area contributed by atoms with Gasteiger partial charge in [0.15, 0.2) is 5.78 Å². The minimum atomic E-state index is -4.30. The van der Waals surface area contributed by atoms with Crippen LogP contribution in [0.2, 0.25) is 0 Å². The van der Waals surface area contributed by atoms with E-state index in [1.165, 1.54) is 19.1 Å². The Bertz CT molecular complexity index is 445. The zero-order valence-corrected chi connectivity index (χ0v) is 11.6. The van der Waals surface area contributed by atoms with Crippen molar-refractivity contribution in [1.82, 2.24) is 0 Å². The second kappa shape index (κ2) is 5.73. The Morgan fingerprint density at radius 3 is 2.44 bits per heavy atom. The molecule has 0 spiro atoms. The molecule has 0 saturated carbocycles. The summed E-state index contributed by atoms with van der Waals surface area (Å²) in [5.41, 5.74) is 0.598. The van der Waals surface area contributed by atoms with E-state index in [1.807, 2.05) is 0 Å². The number of benzene rings is 1. The number of anilines is 1. The minimum absolute atomic E-state index is 0.177. The first-order chi connectivity index (χ1) is 8.24. The Balaban J connectivity index is 3.19. The standard InChI is InChI=1S/C12H13BrF3NO/c1-3-17(7-12(14,15)16)11-6-9(13)4-5-10(11)8(2)18/h4-6H,3,7H2,1-2H3. The van der Waals surface area contributed by atoms with Crippen LogP contribution in [0.4, 0.5) is 18.9 Å². The van der Waals surface area contributed by atoms with E-state index in [9.17, 15) is 18.0 Å². The van der Waals surface area contributed by atoms with Gasteiger partial charge in [-0.1, -0.05) is 15.9 Å².